The van der Waals surface area contributed by atoms with Gasteiger partial charge in [-0.15, -0.1) is 11.8 Å². The Balaban J connectivity index is 2.05. The van der Waals surface area contributed by atoms with Crippen molar-refractivity contribution < 1.29 is 4.79 Å². The first-order valence-electron chi connectivity index (χ1n) is 7.83. The van der Waals surface area contributed by atoms with Gasteiger partial charge in [0.15, 0.2) is 0 Å². The maximum Gasteiger partial charge on any atom is 0.237 e. The lowest BCUT2D eigenvalue weighted by molar-refractivity contribution is -0.115. The molecule has 0 aromatic heterocycles. The van der Waals surface area contributed by atoms with Gasteiger partial charge >= 0.3 is 0 Å². The molecule has 2 aromatic rings. The minimum atomic E-state index is -0.152. The molecule has 122 valence electrons. The number of amides is 1. The summed E-state index contributed by atoms with van der Waals surface area (Å²) in [5.74, 6) is 0.467. The molecule has 2 nitrogen and oxygen atoms in total. The normalized spacial score (nSPS) is 13.4. The van der Waals surface area contributed by atoms with Gasteiger partial charge in [-0.3, -0.25) is 4.79 Å². The van der Waals surface area contributed by atoms with Crippen LogP contribution in [0.2, 0.25) is 0 Å². The van der Waals surface area contributed by atoms with Gasteiger partial charge < -0.3 is 5.32 Å². The fourth-order valence-electron chi connectivity index (χ4n) is 2.27. The van der Waals surface area contributed by atoms with E-state index >= 15 is 0 Å². The summed E-state index contributed by atoms with van der Waals surface area (Å²) in [5.41, 5.74) is 2.12. The largest absolute Gasteiger partial charge is 0.325 e. The van der Waals surface area contributed by atoms with Crippen molar-refractivity contribution in [1.29, 1.82) is 0 Å². The molecule has 0 bridgehead atoms. The van der Waals surface area contributed by atoms with E-state index in [1.54, 1.807) is 11.8 Å². The molecule has 0 aliphatic carbocycles. The zero-order valence-electron chi connectivity index (χ0n) is 13.7. The van der Waals surface area contributed by atoms with Gasteiger partial charge in [-0.1, -0.05) is 48.0 Å². The molecule has 0 saturated carbocycles. The van der Waals surface area contributed by atoms with Crippen molar-refractivity contribution in [2.75, 3.05) is 5.32 Å². The number of halogens is 1. The number of rotatable bonds is 6. The summed E-state index contributed by atoms with van der Waals surface area (Å²) in [7, 11) is 0. The van der Waals surface area contributed by atoms with Crippen molar-refractivity contribution in [3.63, 3.8) is 0 Å². The molecule has 0 radical (unpaired) electrons. The molecule has 4 heteroatoms. The lowest BCUT2D eigenvalue weighted by Gasteiger charge is -2.17. The first-order chi connectivity index (χ1) is 11.0. The van der Waals surface area contributed by atoms with Crippen molar-refractivity contribution in [2.45, 2.75) is 43.3 Å². The molecule has 1 amide bonds. The summed E-state index contributed by atoms with van der Waals surface area (Å²) in [4.78, 5) is 13.6. The highest BCUT2D eigenvalue weighted by Gasteiger charge is 2.17. The molecule has 2 aromatic carbocycles. The van der Waals surface area contributed by atoms with Gasteiger partial charge in [0.25, 0.3) is 0 Å². The molecule has 0 fully saturated rings. The van der Waals surface area contributed by atoms with Crippen LogP contribution >= 0.6 is 27.7 Å². The van der Waals surface area contributed by atoms with Crippen LogP contribution in [-0.4, -0.2) is 11.2 Å². The smallest absolute Gasteiger partial charge is 0.237 e. The Morgan fingerprint density at radius 2 is 1.78 bits per heavy atom. The number of carbonyl (C=O) groups excluding carboxylic acids is 1. The quantitative estimate of drug-likeness (QED) is 0.604. The number of nitrogens with one attached hydrogen (secondary N) is 1. The number of hydrogen-bond donors (Lipinski definition) is 1. The topological polar surface area (TPSA) is 29.1 Å². The van der Waals surface area contributed by atoms with Gasteiger partial charge in [0.05, 0.1) is 5.25 Å². The monoisotopic (exact) mass is 391 g/mol. The van der Waals surface area contributed by atoms with Crippen LogP contribution in [0.4, 0.5) is 5.69 Å². The predicted octanol–water partition coefficient (Wildman–Crippen LogP) is 6.08. The minimum Gasteiger partial charge on any atom is -0.325 e. The molecule has 0 heterocycles. The van der Waals surface area contributed by atoms with Gasteiger partial charge in [-0.25, -0.2) is 0 Å². The fraction of sp³-hybridized carbons (Fsp3) is 0.316. The number of benzene rings is 2. The fourth-order valence-corrected chi connectivity index (χ4v) is 3.40. The molecular formula is C19H22BrNOS. The summed E-state index contributed by atoms with van der Waals surface area (Å²) in [6, 6.07) is 16.1. The maximum atomic E-state index is 12.5. The second-order valence-electron chi connectivity index (χ2n) is 5.60. The minimum absolute atomic E-state index is 0.0358. The number of para-hydroxylation sites is 1. The highest BCUT2D eigenvalue weighted by atomic mass is 79.9. The number of hydrogen-bond acceptors (Lipinski definition) is 2. The van der Waals surface area contributed by atoms with Crippen molar-refractivity contribution in [1.82, 2.24) is 0 Å². The Bertz CT molecular complexity index is 657. The maximum absolute atomic E-state index is 12.5. The Hall–Kier alpha value is -1.26. The molecule has 2 rings (SSSR count). The number of anilines is 1. The van der Waals surface area contributed by atoms with E-state index in [1.807, 2.05) is 49.4 Å². The lowest BCUT2D eigenvalue weighted by Crippen LogP contribution is -2.23. The van der Waals surface area contributed by atoms with Crippen molar-refractivity contribution in [2.24, 2.45) is 0 Å². The predicted molar refractivity (Wildman–Crippen MR) is 103 cm³/mol. The van der Waals surface area contributed by atoms with E-state index in [9.17, 15) is 4.79 Å². The molecule has 0 aliphatic rings. The van der Waals surface area contributed by atoms with Gasteiger partial charge in [0, 0.05) is 15.1 Å². The second kappa shape index (κ2) is 8.55. The molecule has 0 saturated heterocycles. The summed E-state index contributed by atoms with van der Waals surface area (Å²) in [6.07, 6.45) is 1.05. The van der Waals surface area contributed by atoms with Crippen LogP contribution in [0, 0.1) is 0 Å². The average molecular weight is 392 g/mol. The highest BCUT2D eigenvalue weighted by Crippen LogP contribution is 2.29. The Morgan fingerprint density at radius 3 is 2.43 bits per heavy atom. The van der Waals surface area contributed by atoms with Crippen LogP contribution in [0.15, 0.2) is 57.9 Å². The Labute approximate surface area is 151 Å². The van der Waals surface area contributed by atoms with E-state index in [0.717, 1.165) is 21.5 Å². The van der Waals surface area contributed by atoms with Gasteiger partial charge in [-0.2, -0.15) is 0 Å². The number of carbonyl (C=O) groups is 1. The van der Waals surface area contributed by atoms with Crippen LogP contribution in [0.25, 0.3) is 0 Å². The molecule has 0 aliphatic heterocycles. The van der Waals surface area contributed by atoms with E-state index in [4.69, 9.17) is 0 Å². The van der Waals surface area contributed by atoms with Gasteiger partial charge in [0.1, 0.15) is 0 Å². The van der Waals surface area contributed by atoms with Crippen LogP contribution in [0.3, 0.4) is 0 Å². The SMILES string of the molecule is CC[C@H](C)c1ccccc1NC(=O)[C@H](C)Sc1ccc(Br)cc1. The van der Waals surface area contributed by atoms with Crippen molar-refractivity contribution in [3.8, 4) is 0 Å². The standard InChI is InChI=1S/C19H22BrNOS/c1-4-13(2)17-7-5-6-8-18(17)21-19(22)14(3)23-16-11-9-15(20)10-12-16/h5-14H,4H2,1-3H3,(H,21,22)/t13-,14-/m0/s1. The van der Waals surface area contributed by atoms with E-state index in [2.05, 4.69) is 41.2 Å². The Morgan fingerprint density at radius 1 is 1.13 bits per heavy atom. The zero-order chi connectivity index (χ0) is 16.8. The first kappa shape index (κ1) is 18.1. The Kier molecular flexibility index (Phi) is 6.72. The van der Waals surface area contributed by atoms with Crippen LogP contribution in [-0.2, 0) is 4.79 Å². The highest BCUT2D eigenvalue weighted by molar-refractivity contribution is 9.10. The van der Waals surface area contributed by atoms with Gasteiger partial charge in [-0.05, 0) is 55.2 Å². The third kappa shape index (κ3) is 5.11. The summed E-state index contributed by atoms with van der Waals surface area (Å²) in [6.45, 7) is 6.29. The van der Waals surface area contributed by atoms with E-state index in [1.165, 1.54) is 5.56 Å². The van der Waals surface area contributed by atoms with E-state index < -0.39 is 0 Å². The molecule has 0 spiro atoms. The van der Waals surface area contributed by atoms with Crippen LogP contribution in [0.1, 0.15) is 38.7 Å². The molecular weight excluding hydrogens is 370 g/mol. The van der Waals surface area contributed by atoms with Crippen LogP contribution in [0.5, 0.6) is 0 Å². The third-order valence-electron chi connectivity index (χ3n) is 3.86. The van der Waals surface area contributed by atoms with E-state index in [0.29, 0.717) is 5.92 Å². The zero-order valence-corrected chi connectivity index (χ0v) is 16.1. The van der Waals surface area contributed by atoms with Gasteiger partial charge in [0.2, 0.25) is 5.91 Å². The summed E-state index contributed by atoms with van der Waals surface area (Å²) < 4.78 is 1.04. The molecule has 0 unspecified atom stereocenters. The summed E-state index contributed by atoms with van der Waals surface area (Å²) in [5, 5.41) is 2.94. The molecule has 23 heavy (non-hydrogen) atoms. The van der Waals surface area contributed by atoms with E-state index in [-0.39, 0.29) is 11.2 Å². The van der Waals surface area contributed by atoms with Crippen molar-refractivity contribution >= 4 is 39.3 Å². The second-order valence-corrected chi connectivity index (χ2v) is 7.93. The average Bonchev–Trinajstić information content (AvgIpc) is 2.56. The summed E-state index contributed by atoms with van der Waals surface area (Å²) >= 11 is 4.99. The van der Waals surface area contributed by atoms with Crippen LogP contribution < -0.4 is 5.32 Å². The lowest BCUT2D eigenvalue weighted by atomic mass is 9.97. The molecule has 1 N–H and O–H groups in total. The number of thioether (sulfide) groups is 1. The molecule has 2 atom stereocenters. The van der Waals surface area contributed by atoms with Crippen molar-refractivity contribution in [3.05, 3.63) is 58.6 Å². The first-order valence-corrected chi connectivity index (χ1v) is 9.50. The third-order valence-corrected chi connectivity index (χ3v) is 5.50.